The first-order valence-electron chi connectivity index (χ1n) is 10.3. The highest BCUT2D eigenvalue weighted by Gasteiger charge is 2.56. The van der Waals surface area contributed by atoms with Crippen molar-refractivity contribution < 1.29 is 18.3 Å². The first-order chi connectivity index (χ1) is 13.9. The molecule has 0 radical (unpaired) electrons. The summed E-state index contributed by atoms with van der Waals surface area (Å²) in [4.78, 5) is 25.8. The smallest absolute Gasteiger partial charge is 0.344 e. The Morgan fingerprint density at radius 2 is 1.83 bits per heavy atom. The fraction of sp³-hybridized carbons (Fsp3) is 0.700. The quantitative estimate of drug-likeness (QED) is 0.560. The summed E-state index contributed by atoms with van der Waals surface area (Å²) in [6, 6.07) is 0. The summed E-state index contributed by atoms with van der Waals surface area (Å²) >= 11 is 0. The molecular formula is C20H26N2O6P+. The molecule has 4 saturated carbocycles. The normalized spacial score (nSPS) is 38.0. The summed E-state index contributed by atoms with van der Waals surface area (Å²) in [5.74, 6) is 2.14. The number of hydrogen-bond acceptors (Lipinski definition) is 6. The van der Waals surface area contributed by atoms with Crippen molar-refractivity contribution in [3.05, 3.63) is 44.8 Å². The number of rotatable bonds is 6. The van der Waals surface area contributed by atoms with E-state index in [-0.39, 0.29) is 12.2 Å². The predicted octanol–water partition coefficient (Wildman–Crippen LogP) is 2.96. The third kappa shape index (κ3) is 3.79. The molecule has 4 bridgehead atoms. The Bertz CT molecular complexity index is 931. The zero-order valence-electron chi connectivity index (χ0n) is 16.4. The number of aromatic amines is 1. The minimum atomic E-state index is -2.22. The largest absolute Gasteiger partial charge is 0.698 e. The summed E-state index contributed by atoms with van der Waals surface area (Å²) in [6.45, 7) is 1.71. The molecule has 9 heteroatoms. The van der Waals surface area contributed by atoms with Crippen molar-refractivity contribution in [1.82, 2.24) is 9.55 Å². The van der Waals surface area contributed by atoms with Gasteiger partial charge in [0.1, 0.15) is 18.3 Å². The lowest BCUT2D eigenvalue weighted by Gasteiger charge is -2.53. The van der Waals surface area contributed by atoms with Crippen molar-refractivity contribution in [3.8, 4) is 0 Å². The number of nitrogens with one attached hydrogen (secondary N) is 1. The Morgan fingerprint density at radius 3 is 2.48 bits per heavy atom. The highest BCUT2D eigenvalue weighted by atomic mass is 31.1. The predicted molar refractivity (Wildman–Crippen MR) is 105 cm³/mol. The summed E-state index contributed by atoms with van der Waals surface area (Å²) in [5.41, 5.74) is -0.786. The second-order valence-corrected chi connectivity index (χ2v) is 10.0. The molecule has 8 nitrogen and oxygen atoms in total. The molecule has 0 spiro atoms. The first kappa shape index (κ1) is 19.4. The van der Waals surface area contributed by atoms with Gasteiger partial charge in [0.15, 0.2) is 6.23 Å². The van der Waals surface area contributed by atoms with Gasteiger partial charge >= 0.3 is 13.9 Å². The topological polar surface area (TPSA) is 99.6 Å². The van der Waals surface area contributed by atoms with Gasteiger partial charge in [0, 0.05) is 16.3 Å². The van der Waals surface area contributed by atoms with Gasteiger partial charge in [-0.25, -0.2) is 4.79 Å². The number of hydrogen-bond donors (Lipinski definition) is 1. The van der Waals surface area contributed by atoms with Crippen LogP contribution in [-0.2, 0) is 18.3 Å². The van der Waals surface area contributed by atoms with E-state index in [0.29, 0.717) is 23.3 Å². The van der Waals surface area contributed by atoms with Crippen LogP contribution in [0.2, 0.25) is 0 Å². The van der Waals surface area contributed by atoms with Crippen molar-refractivity contribution in [2.75, 3.05) is 6.61 Å². The second-order valence-electron chi connectivity index (χ2n) is 9.14. The van der Waals surface area contributed by atoms with Crippen LogP contribution in [0.3, 0.4) is 0 Å². The standard InChI is InChI=1S/C20H25N2O6P/c1-12-10-22(19(24)21-18(12)23)17-3-2-16(27-17)11-26-29(25)28-20-7-13-4-14(8-20)6-15(5-13)9-20/h2-3,10,13-17H,4-9,11H2,1H3/p+1/t13?,14?,15?,16-,17+,20?/m0/s1. The van der Waals surface area contributed by atoms with Crippen molar-refractivity contribution in [2.24, 2.45) is 17.8 Å². The van der Waals surface area contributed by atoms with Gasteiger partial charge in [-0.2, -0.15) is 0 Å². The van der Waals surface area contributed by atoms with E-state index >= 15 is 0 Å². The van der Waals surface area contributed by atoms with Gasteiger partial charge in [0.2, 0.25) is 0 Å². The van der Waals surface area contributed by atoms with Crippen LogP contribution < -0.4 is 11.2 Å². The van der Waals surface area contributed by atoms with Crippen LogP contribution >= 0.6 is 8.25 Å². The summed E-state index contributed by atoms with van der Waals surface area (Å²) < 4.78 is 31.1. The number of aromatic nitrogens is 2. The van der Waals surface area contributed by atoms with Crippen LogP contribution in [0.15, 0.2) is 27.9 Å². The maximum Gasteiger partial charge on any atom is 0.698 e. The van der Waals surface area contributed by atoms with Crippen LogP contribution in [0.25, 0.3) is 0 Å². The van der Waals surface area contributed by atoms with Crippen LogP contribution in [0.4, 0.5) is 0 Å². The van der Waals surface area contributed by atoms with Crippen molar-refractivity contribution in [1.29, 1.82) is 0 Å². The fourth-order valence-corrected chi connectivity index (χ4v) is 6.84. The highest BCUT2D eigenvalue weighted by Crippen LogP contribution is 2.59. The van der Waals surface area contributed by atoms with E-state index in [0.717, 1.165) is 19.3 Å². The maximum atomic E-state index is 12.5. The molecule has 4 aliphatic carbocycles. The molecule has 1 N–H and O–H groups in total. The summed E-state index contributed by atoms with van der Waals surface area (Å²) in [6.07, 6.45) is 10.8. The second kappa shape index (κ2) is 7.27. The first-order valence-corrected chi connectivity index (χ1v) is 11.4. The zero-order chi connectivity index (χ0) is 20.2. The summed E-state index contributed by atoms with van der Waals surface area (Å²) in [5, 5.41) is 0. The fourth-order valence-electron chi connectivity index (χ4n) is 5.98. The van der Waals surface area contributed by atoms with Crippen LogP contribution in [0, 0.1) is 24.7 Å². The Kier molecular flexibility index (Phi) is 4.86. The van der Waals surface area contributed by atoms with E-state index in [2.05, 4.69) is 4.98 Å². The minimum Gasteiger partial charge on any atom is -0.344 e. The molecule has 1 unspecified atom stereocenters. The van der Waals surface area contributed by atoms with E-state index in [4.69, 9.17) is 13.8 Å². The molecule has 2 heterocycles. The van der Waals surface area contributed by atoms with Gasteiger partial charge in [0.05, 0.1) is 0 Å². The molecule has 0 amide bonds. The van der Waals surface area contributed by atoms with E-state index in [1.54, 1.807) is 19.1 Å². The third-order valence-electron chi connectivity index (χ3n) is 6.82. The van der Waals surface area contributed by atoms with Crippen molar-refractivity contribution in [3.63, 3.8) is 0 Å². The van der Waals surface area contributed by atoms with Gasteiger partial charge in [-0.1, -0.05) is 6.08 Å². The lowest BCUT2D eigenvalue weighted by atomic mass is 9.54. The summed E-state index contributed by atoms with van der Waals surface area (Å²) in [7, 11) is -2.22. The minimum absolute atomic E-state index is 0.0889. The highest BCUT2D eigenvalue weighted by molar-refractivity contribution is 7.33. The molecule has 0 aromatic carbocycles. The van der Waals surface area contributed by atoms with Gasteiger partial charge in [0.25, 0.3) is 5.56 Å². The Morgan fingerprint density at radius 1 is 1.17 bits per heavy atom. The Labute approximate surface area is 169 Å². The SMILES string of the molecule is Cc1cn([C@H]2C=C[C@@H](CO[P+](=O)OC34CC5CC(CC(C5)C3)C4)O2)c(=O)[nH]c1=O. The van der Waals surface area contributed by atoms with Crippen molar-refractivity contribution in [2.45, 2.75) is 63.4 Å². The average Bonchev–Trinajstić information content (AvgIpc) is 3.10. The maximum absolute atomic E-state index is 12.5. The third-order valence-corrected chi connectivity index (χ3v) is 7.72. The Balaban J connectivity index is 1.15. The lowest BCUT2D eigenvalue weighted by Crippen LogP contribution is -2.51. The lowest BCUT2D eigenvalue weighted by molar-refractivity contribution is -0.111. The molecule has 4 fully saturated rings. The molecule has 6 rings (SSSR count). The molecule has 1 aromatic rings. The molecule has 1 aromatic heterocycles. The zero-order valence-corrected chi connectivity index (χ0v) is 17.3. The van der Waals surface area contributed by atoms with Gasteiger partial charge < -0.3 is 4.74 Å². The number of H-pyrrole nitrogens is 1. The number of ether oxygens (including phenoxy) is 1. The van der Waals surface area contributed by atoms with Crippen LogP contribution in [-0.4, -0.2) is 27.9 Å². The number of aryl methyl sites for hydroxylation is 1. The van der Waals surface area contributed by atoms with E-state index < -0.39 is 31.8 Å². The Hall–Kier alpha value is -1.60. The molecule has 5 aliphatic rings. The molecule has 156 valence electrons. The van der Waals surface area contributed by atoms with E-state index in [9.17, 15) is 14.2 Å². The molecule has 29 heavy (non-hydrogen) atoms. The molecule has 0 saturated heterocycles. The van der Waals surface area contributed by atoms with Gasteiger partial charge in [-0.3, -0.25) is 14.3 Å². The van der Waals surface area contributed by atoms with Gasteiger partial charge in [-0.05, 0) is 69.3 Å². The van der Waals surface area contributed by atoms with E-state index in [1.165, 1.54) is 30.0 Å². The van der Waals surface area contributed by atoms with E-state index in [1.807, 2.05) is 0 Å². The average molecular weight is 421 g/mol. The van der Waals surface area contributed by atoms with Crippen molar-refractivity contribution >= 4 is 8.25 Å². The molecule has 3 atom stereocenters. The number of nitrogens with zero attached hydrogens (tertiary/aromatic N) is 1. The van der Waals surface area contributed by atoms with Crippen LogP contribution in [0.1, 0.15) is 50.3 Å². The molecular weight excluding hydrogens is 395 g/mol. The monoisotopic (exact) mass is 421 g/mol. The van der Waals surface area contributed by atoms with Gasteiger partial charge in [-0.15, -0.1) is 9.05 Å². The van der Waals surface area contributed by atoms with Crippen LogP contribution in [0.5, 0.6) is 0 Å². The molecule has 1 aliphatic heterocycles.